The highest BCUT2D eigenvalue weighted by atomic mass is 32.1. The highest BCUT2D eigenvalue weighted by molar-refractivity contribution is 7.80. The Labute approximate surface area is 152 Å². The third kappa shape index (κ3) is 4.43. The third-order valence-electron chi connectivity index (χ3n) is 3.44. The fraction of sp³-hybridized carbons (Fsp3) is 0.118. The number of hydrogen-bond donors (Lipinski definition) is 3. The van der Waals surface area contributed by atoms with Gasteiger partial charge in [-0.1, -0.05) is 6.07 Å². The molecule has 0 unspecified atom stereocenters. The molecule has 0 aliphatic carbocycles. The van der Waals surface area contributed by atoms with Gasteiger partial charge in [-0.3, -0.25) is 15.6 Å². The van der Waals surface area contributed by atoms with E-state index in [0.717, 1.165) is 15.8 Å². The lowest BCUT2D eigenvalue weighted by atomic mass is 10.1. The SMILES string of the molecule is Cc1cc(=O)oc2cc(NC(=S)NNC(=O)Cc3cccs3)ccc12. The van der Waals surface area contributed by atoms with Crippen LogP contribution in [0.1, 0.15) is 10.4 Å². The van der Waals surface area contributed by atoms with Gasteiger partial charge < -0.3 is 9.73 Å². The Morgan fingerprint density at radius 1 is 1.24 bits per heavy atom. The second kappa shape index (κ2) is 7.45. The smallest absolute Gasteiger partial charge is 0.336 e. The molecule has 0 saturated carbocycles. The van der Waals surface area contributed by atoms with Crippen LogP contribution in [0.25, 0.3) is 11.0 Å². The Bertz CT molecular complexity index is 980. The maximum Gasteiger partial charge on any atom is 0.336 e. The molecule has 3 N–H and O–H groups in total. The highest BCUT2D eigenvalue weighted by Crippen LogP contribution is 2.20. The van der Waals surface area contributed by atoms with Crippen LogP contribution in [-0.2, 0) is 11.2 Å². The van der Waals surface area contributed by atoms with Crippen molar-refractivity contribution in [3.05, 3.63) is 62.6 Å². The number of carbonyl (C=O) groups excluding carboxylic acids is 1. The standard InChI is InChI=1S/C17H15N3O3S2/c1-10-7-16(22)23-14-8-11(4-5-13(10)14)18-17(24)20-19-15(21)9-12-3-2-6-25-12/h2-8H,9H2,1H3,(H,19,21)(H2,18,20,24). The van der Waals surface area contributed by atoms with E-state index in [1.54, 1.807) is 6.07 Å². The van der Waals surface area contributed by atoms with Crippen molar-refractivity contribution < 1.29 is 9.21 Å². The molecule has 6 nitrogen and oxygen atoms in total. The summed E-state index contributed by atoms with van der Waals surface area (Å²) in [6, 6.07) is 10.6. The van der Waals surface area contributed by atoms with Crippen LogP contribution >= 0.6 is 23.6 Å². The van der Waals surface area contributed by atoms with Gasteiger partial charge in [0.25, 0.3) is 0 Å². The zero-order valence-corrected chi connectivity index (χ0v) is 14.9. The number of carbonyl (C=O) groups is 1. The van der Waals surface area contributed by atoms with Gasteiger partial charge >= 0.3 is 5.63 Å². The lowest BCUT2D eigenvalue weighted by Crippen LogP contribution is -2.44. The van der Waals surface area contributed by atoms with E-state index in [9.17, 15) is 9.59 Å². The number of hydrogen-bond acceptors (Lipinski definition) is 5. The van der Waals surface area contributed by atoms with Crippen LogP contribution in [0.15, 0.2) is 51.0 Å². The van der Waals surface area contributed by atoms with Crippen molar-refractivity contribution in [2.75, 3.05) is 5.32 Å². The van der Waals surface area contributed by atoms with Crippen LogP contribution in [-0.4, -0.2) is 11.0 Å². The number of fused-ring (bicyclic) bond motifs is 1. The van der Waals surface area contributed by atoms with Crippen LogP contribution in [0.2, 0.25) is 0 Å². The fourth-order valence-electron chi connectivity index (χ4n) is 2.31. The van der Waals surface area contributed by atoms with Crippen molar-refractivity contribution in [1.82, 2.24) is 10.9 Å². The number of thiocarbonyl (C=S) groups is 1. The van der Waals surface area contributed by atoms with E-state index < -0.39 is 5.63 Å². The summed E-state index contributed by atoms with van der Waals surface area (Å²) >= 11 is 6.67. The number of nitrogens with one attached hydrogen (secondary N) is 3. The van der Waals surface area contributed by atoms with Gasteiger partial charge in [0, 0.05) is 28.1 Å². The molecule has 128 valence electrons. The first-order valence-corrected chi connectivity index (χ1v) is 8.73. The monoisotopic (exact) mass is 373 g/mol. The van der Waals surface area contributed by atoms with Gasteiger partial charge in [0.1, 0.15) is 5.58 Å². The van der Waals surface area contributed by atoms with Crippen molar-refractivity contribution in [2.45, 2.75) is 13.3 Å². The molecule has 2 heterocycles. The van der Waals surface area contributed by atoms with E-state index in [-0.39, 0.29) is 17.4 Å². The second-order valence-electron chi connectivity index (χ2n) is 5.34. The average Bonchev–Trinajstić information content (AvgIpc) is 3.05. The third-order valence-corrected chi connectivity index (χ3v) is 4.52. The van der Waals surface area contributed by atoms with E-state index >= 15 is 0 Å². The molecule has 0 fully saturated rings. The van der Waals surface area contributed by atoms with Crippen molar-refractivity contribution in [3.63, 3.8) is 0 Å². The molecule has 0 aliphatic heterocycles. The number of anilines is 1. The minimum atomic E-state index is -0.399. The molecule has 0 spiro atoms. The number of amides is 1. The Hall–Kier alpha value is -2.71. The molecule has 0 aliphatic rings. The summed E-state index contributed by atoms with van der Waals surface area (Å²) in [5.41, 5.74) is 6.75. The maximum atomic E-state index is 11.8. The molecule has 2 aromatic heterocycles. The van der Waals surface area contributed by atoms with Crippen LogP contribution in [0.3, 0.4) is 0 Å². The van der Waals surface area contributed by atoms with Crippen LogP contribution in [0, 0.1) is 6.92 Å². The summed E-state index contributed by atoms with van der Waals surface area (Å²) in [6.45, 7) is 1.85. The Morgan fingerprint density at radius 3 is 2.84 bits per heavy atom. The summed E-state index contributed by atoms with van der Waals surface area (Å²) in [5, 5.41) is 5.94. The zero-order chi connectivity index (χ0) is 17.8. The molecule has 0 radical (unpaired) electrons. The first-order chi connectivity index (χ1) is 12.0. The van der Waals surface area contributed by atoms with E-state index in [1.807, 2.05) is 36.6 Å². The highest BCUT2D eigenvalue weighted by Gasteiger charge is 2.07. The molecule has 0 bridgehead atoms. The second-order valence-corrected chi connectivity index (χ2v) is 6.78. The zero-order valence-electron chi connectivity index (χ0n) is 13.3. The first kappa shape index (κ1) is 17.1. The normalized spacial score (nSPS) is 10.4. The van der Waals surface area contributed by atoms with E-state index in [4.69, 9.17) is 16.6 Å². The summed E-state index contributed by atoms with van der Waals surface area (Å²) < 4.78 is 5.19. The molecule has 0 atom stereocenters. The Morgan fingerprint density at radius 2 is 2.08 bits per heavy atom. The molecule has 3 aromatic rings. The van der Waals surface area contributed by atoms with Crippen LogP contribution in [0.5, 0.6) is 0 Å². The van der Waals surface area contributed by atoms with E-state index in [2.05, 4.69) is 16.2 Å². The Kier molecular flexibility index (Phi) is 5.11. The number of aryl methyl sites for hydroxylation is 1. The number of benzene rings is 1. The first-order valence-electron chi connectivity index (χ1n) is 7.44. The van der Waals surface area contributed by atoms with Gasteiger partial charge in [-0.25, -0.2) is 4.79 Å². The average molecular weight is 373 g/mol. The topological polar surface area (TPSA) is 83.4 Å². The lowest BCUT2D eigenvalue weighted by molar-refractivity contribution is -0.120. The largest absolute Gasteiger partial charge is 0.423 e. The number of rotatable bonds is 3. The summed E-state index contributed by atoms with van der Waals surface area (Å²) in [7, 11) is 0. The van der Waals surface area contributed by atoms with Crippen molar-refractivity contribution in [2.24, 2.45) is 0 Å². The summed E-state index contributed by atoms with van der Waals surface area (Å²) in [6.07, 6.45) is 0.285. The van der Waals surface area contributed by atoms with Crippen LogP contribution in [0.4, 0.5) is 5.69 Å². The fourth-order valence-corrected chi connectivity index (χ4v) is 3.18. The van der Waals surface area contributed by atoms with Gasteiger partial charge in [0.15, 0.2) is 5.11 Å². The minimum absolute atomic E-state index is 0.188. The lowest BCUT2D eigenvalue weighted by Gasteiger charge is -2.12. The van der Waals surface area contributed by atoms with E-state index in [1.165, 1.54) is 17.4 Å². The predicted octanol–water partition coefficient (Wildman–Crippen LogP) is 2.72. The van der Waals surface area contributed by atoms with Crippen molar-refractivity contribution >= 4 is 51.2 Å². The van der Waals surface area contributed by atoms with Crippen molar-refractivity contribution in [3.8, 4) is 0 Å². The van der Waals surface area contributed by atoms with Gasteiger partial charge in [-0.05, 0) is 48.3 Å². The van der Waals surface area contributed by atoms with E-state index in [0.29, 0.717) is 11.3 Å². The molecular weight excluding hydrogens is 358 g/mol. The minimum Gasteiger partial charge on any atom is -0.423 e. The molecule has 1 aromatic carbocycles. The molecular formula is C17H15N3O3S2. The van der Waals surface area contributed by atoms with Gasteiger partial charge in [0.2, 0.25) is 5.91 Å². The quantitative estimate of drug-likeness (QED) is 0.372. The molecule has 8 heteroatoms. The molecule has 1 amide bonds. The summed E-state index contributed by atoms with van der Waals surface area (Å²) in [4.78, 5) is 24.3. The van der Waals surface area contributed by atoms with Crippen LogP contribution < -0.4 is 21.8 Å². The van der Waals surface area contributed by atoms with Gasteiger partial charge in [-0.15, -0.1) is 11.3 Å². The molecule has 3 rings (SSSR count). The predicted molar refractivity (Wildman–Crippen MR) is 103 cm³/mol. The maximum absolute atomic E-state index is 11.8. The molecule has 25 heavy (non-hydrogen) atoms. The van der Waals surface area contributed by atoms with Gasteiger partial charge in [-0.2, -0.15) is 0 Å². The summed E-state index contributed by atoms with van der Waals surface area (Å²) in [5.74, 6) is -0.188. The molecule has 0 saturated heterocycles. The van der Waals surface area contributed by atoms with Gasteiger partial charge in [0.05, 0.1) is 6.42 Å². The number of thiophene rings is 1. The number of hydrazine groups is 1. The Balaban J connectivity index is 1.60. The van der Waals surface area contributed by atoms with Crippen molar-refractivity contribution in [1.29, 1.82) is 0 Å².